The van der Waals surface area contributed by atoms with Crippen LogP contribution in [-0.4, -0.2) is 11.8 Å². The van der Waals surface area contributed by atoms with Gasteiger partial charge in [0, 0.05) is 21.5 Å². The van der Waals surface area contributed by atoms with Crippen LogP contribution < -0.4 is 0 Å². The summed E-state index contributed by atoms with van der Waals surface area (Å²) in [5.74, 6) is -1.64. The molecular formula is C12H15BrF2O. The molecule has 0 amide bonds. The van der Waals surface area contributed by atoms with Crippen LogP contribution >= 0.6 is 15.9 Å². The van der Waals surface area contributed by atoms with Crippen LogP contribution in [0.3, 0.4) is 0 Å². The van der Waals surface area contributed by atoms with Gasteiger partial charge in [-0.3, -0.25) is 4.39 Å². The van der Waals surface area contributed by atoms with Gasteiger partial charge in [-0.1, -0.05) is 36.7 Å². The number of hydrogen-bond acceptors (Lipinski definition) is 1. The molecule has 0 saturated heterocycles. The van der Waals surface area contributed by atoms with E-state index in [0.717, 1.165) is 0 Å². The molecule has 0 fully saturated rings. The third-order valence-electron chi connectivity index (χ3n) is 2.60. The molecule has 1 atom stereocenters. The van der Waals surface area contributed by atoms with Crippen molar-refractivity contribution in [3.63, 3.8) is 0 Å². The van der Waals surface area contributed by atoms with Crippen molar-refractivity contribution in [2.24, 2.45) is 0 Å². The lowest BCUT2D eigenvalue weighted by Crippen LogP contribution is -2.03. The van der Waals surface area contributed by atoms with E-state index in [-0.39, 0.29) is 17.2 Å². The molecule has 1 N–H and O–H groups in total. The number of rotatable bonds is 3. The minimum Gasteiger partial charge on any atom is -0.505 e. The molecule has 1 rings (SSSR count). The predicted molar refractivity (Wildman–Crippen MR) is 64.2 cm³/mol. The lowest BCUT2D eigenvalue weighted by atomic mass is 9.95. The zero-order chi connectivity index (χ0) is 12.5. The third kappa shape index (κ3) is 2.37. The molecule has 0 bridgehead atoms. The molecule has 0 radical (unpaired) electrons. The molecule has 1 nitrogen and oxygen atoms in total. The van der Waals surface area contributed by atoms with Crippen LogP contribution in [0.25, 0.3) is 0 Å². The van der Waals surface area contributed by atoms with Gasteiger partial charge in [0.05, 0.1) is 6.67 Å². The molecule has 0 spiro atoms. The van der Waals surface area contributed by atoms with Gasteiger partial charge < -0.3 is 5.11 Å². The van der Waals surface area contributed by atoms with Gasteiger partial charge >= 0.3 is 0 Å². The third-order valence-corrected chi connectivity index (χ3v) is 3.26. The Bertz CT molecular complexity index is 391. The standard InChI is InChI=1S/C12H15BrF2O/c1-6(2)8-4-9(13)10(7(3)5-14)11(15)12(8)16/h4,6-7,16H,5H2,1-3H3. The first-order valence-electron chi connectivity index (χ1n) is 5.16. The monoisotopic (exact) mass is 292 g/mol. The van der Waals surface area contributed by atoms with Crippen LogP contribution in [0.5, 0.6) is 5.75 Å². The predicted octanol–water partition coefficient (Wildman–Crippen LogP) is 4.49. The van der Waals surface area contributed by atoms with E-state index in [1.807, 2.05) is 13.8 Å². The number of phenolic OH excluding ortho intramolecular Hbond substituents is 1. The van der Waals surface area contributed by atoms with Gasteiger partial charge in [-0.05, 0) is 12.0 Å². The molecule has 1 aromatic rings. The molecular weight excluding hydrogens is 278 g/mol. The van der Waals surface area contributed by atoms with Crippen molar-refractivity contribution in [1.82, 2.24) is 0 Å². The molecule has 0 heterocycles. The molecule has 1 aromatic carbocycles. The summed E-state index contributed by atoms with van der Waals surface area (Å²) in [5, 5.41) is 9.70. The maximum Gasteiger partial charge on any atom is 0.169 e. The first-order chi connectivity index (χ1) is 7.40. The van der Waals surface area contributed by atoms with Crippen molar-refractivity contribution in [3.8, 4) is 5.75 Å². The Kier molecular flexibility index (Phi) is 4.30. The van der Waals surface area contributed by atoms with Crippen molar-refractivity contribution >= 4 is 15.9 Å². The zero-order valence-electron chi connectivity index (χ0n) is 9.52. The Morgan fingerprint density at radius 2 is 1.94 bits per heavy atom. The summed E-state index contributed by atoms with van der Waals surface area (Å²) >= 11 is 3.22. The first kappa shape index (κ1) is 13.4. The number of halogens is 3. The van der Waals surface area contributed by atoms with Crippen molar-refractivity contribution in [3.05, 3.63) is 27.5 Å². The summed E-state index contributed by atoms with van der Waals surface area (Å²) in [5.41, 5.74) is 0.726. The van der Waals surface area contributed by atoms with Crippen LogP contribution in [0.15, 0.2) is 10.5 Å². The SMILES string of the molecule is CC(C)c1cc(Br)c(C(C)CF)c(F)c1O. The lowest BCUT2D eigenvalue weighted by Gasteiger charge is -2.16. The molecule has 4 heteroatoms. The van der Waals surface area contributed by atoms with E-state index in [9.17, 15) is 13.9 Å². The minimum atomic E-state index is -0.719. The van der Waals surface area contributed by atoms with Crippen LogP contribution in [0.4, 0.5) is 8.78 Å². The fraction of sp³-hybridized carbons (Fsp3) is 0.500. The minimum absolute atomic E-state index is 0.0144. The van der Waals surface area contributed by atoms with E-state index >= 15 is 0 Å². The van der Waals surface area contributed by atoms with E-state index in [0.29, 0.717) is 10.0 Å². The second kappa shape index (κ2) is 5.13. The Morgan fingerprint density at radius 3 is 2.38 bits per heavy atom. The van der Waals surface area contributed by atoms with Gasteiger partial charge in [-0.2, -0.15) is 0 Å². The highest BCUT2D eigenvalue weighted by Gasteiger charge is 2.21. The first-order valence-corrected chi connectivity index (χ1v) is 5.96. The Hall–Kier alpha value is -0.640. The van der Waals surface area contributed by atoms with Gasteiger partial charge in [0.2, 0.25) is 0 Å². The van der Waals surface area contributed by atoms with E-state index in [1.165, 1.54) is 0 Å². The quantitative estimate of drug-likeness (QED) is 0.870. The fourth-order valence-electron chi connectivity index (χ4n) is 1.61. The van der Waals surface area contributed by atoms with Crippen LogP contribution in [0, 0.1) is 5.82 Å². The van der Waals surface area contributed by atoms with Crippen LogP contribution in [-0.2, 0) is 0 Å². The maximum absolute atomic E-state index is 13.9. The normalized spacial score (nSPS) is 13.2. The number of aromatic hydroxyl groups is 1. The average Bonchev–Trinajstić information content (AvgIpc) is 2.22. The van der Waals surface area contributed by atoms with E-state index < -0.39 is 18.4 Å². The van der Waals surface area contributed by atoms with Crippen molar-refractivity contribution in [2.45, 2.75) is 32.6 Å². The van der Waals surface area contributed by atoms with E-state index in [2.05, 4.69) is 15.9 Å². The highest BCUT2D eigenvalue weighted by molar-refractivity contribution is 9.10. The highest BCUT2D eigenvalue weighted by atomic mass is 79.9. The molecule has 0 aromatic heterocycles. The summed E-state index contributed by atoms with van der Waals surface area (Å²) in [4.78, 5) is 0. The summed E-state index contributed by atoms with van der Waals surface area (Å²) in [7, 11) is 0. The highest BCUT2D eigenvalue weighted by Crippen LogP contribution is 2.38. The molecule has 90 valence electrons. The summed E-state index contributed by atoms with van der Waals surface area (Å²) in [6, 6.07) is 1.66. The molecule has 0 saturated carbocycles. The molecule has 0 aliphatic carbocycles. The number of benzene rings is 1. The number of hydrogen-bond donors (Lipinski definition) is 1. The number of phenols is 1. The fourth-order valence-corrected chi connectivity index (χ4v) is 2.42. The molecule has 0 aliphatic heterocycles. The summed E-state index contributed by atoms with van der Waals surface area (Å²) < 4.78 is 26.9. The van der Waals surface area contributed by atoms with Gasteiger partial charge in [0.15, 0.2) is 11.6 Å². The molecule has 16 heavy (non-hydrogen) atoms. The van der Waals surface area contributed by atoms with Gasteiger partial charge in [0.25, 0.3) is 0 Å². The van der Waals surface area contributed by atoms with Crippen LogP contribution in [0.1, 0.15) is 43.7 Å². The van der Waals surface area contributed by atoms with Crippen LogP contribution in [0.2, 0.25) is 0 Å². The van der Waals surface area contributed by atoms with Crippen molar-refractivity contribution < 1.29 is 13.9 Å². The van der Waals surface area contributed by atoms with Gasteiger partial charge in [0.1, 0.15) is 0 Å². The topological polar surface area (TPSA) is 20.2 Å². The van der Waals surface area contributed by atoms with Gasteiger partial charge in [-0.25, -0.2) is 4.39 Å². The molecule has 0 aliphatic rings. The molecule has 1 unspecified atom stereocenters. The summed E-state index contributed by atoms with van der Waals surface area (Å²) in [6.45, 7) is 4.64. The second-order valence-corrected chi connectivity index (χ2v) is 5.09. The van der Waals surface area contributed by atoms with Gasteiger partial charge in [-0.15, -0.1) is 0 Å². The smallest absolute Gasteiger partial charge is 0.169 e. The Morgan fingerprint density at radius 1 is 1.38 bits per heavy atom. The van der Waals surface area contributed by atoms with Crippen molar-refractivity contribution in [2.75, 3.05) is 6.67 Å². The van der Waals surface area contributed by atoms with Crippen molar-refractivity contribution in [1.29, 1.82) is 0 Å². The Balaban J connectivity index is 3.40. The Labute approximate surface area is 103 Å². The largest absolute Gasteiger partial charge is 0.505 e. The number of alkyl halides is 1. The van der Waals surface area contributed by atoms with E-state index in [1.54, 1.807) is 13.0 Å². The summed E-state index contributed by atoms with van der Waals surface area (Å²) in [6.07, 6.45) is 0. The maximum atomic E-state index is 13.9. The second-order valence-electron chi connectivity index (χ2n) is 4.23. The lowest BCUT2D eigenvalue weighted by molar-refractivity contribution is 0.401. The zero-order valence-corrected chi connectivity index (χ0v) is 11.1. The van der Waals surface area contributed by atoms with E-state index in [4.69, 9.17) is 0 Å². The average molecular weight is 293 g/mol.